The number of amides is 2. The molecule has 10 nitrogen and oxygen atoms in total. The minimum atomic E-state index is -1.05. The van der Waals surface area contributed by atoms with Gasteiger partial charge in [0.2, 0.25) is 5.91 Å². The highest BCUT2D eigenvalue weighted by Crippen LogP contribution is 2.37. The lowest BCUT2D eigenvalue weighted by Gasteiger charge is -2.45. The van der Waals surface area contributed by atoms with Crippen molar-refractivity contribution in [2.75, 3.05) is 23.7 Å². The molecule has 4 heterocycles. The molecule has 192 valence electrons. The summed E-state index contributed by atoms with van der Waals surface area (Å²) in [5.74, 6) is -0.678. The number of benzene rings is 1. The van der Waals surface area contributed by atoms with E-state index in [4.69, 9.17) is 5.73 Å². The molecule has 2 amide bonds. The molecule has 0 unspecified atom stereocenters. The average Bonchev–Trinajstić information content (AvgIpc) is 3.46. The lowest BCUT2D eigenvalue weighted by molar-refractivity contribution is -0.145. The molecule has 0 bridgehead atoms. The van der Waals surface area contributed by atoms with E-state index in [2.05, 4.69) is 15.2 Å². The average molecular weight is 505 g/mol. The molecule has 0 aliphatic carbocycles. The van der Waals surface area contributed by atoms with Crippen LogP contribution in [0.1, 0.15) is 40.7 Å². The summed E-state index contributed by atoms with van der Waals surface area (Å²) in [6, 6.07) is 6.52. The van der Waals surface area contributed by atoms with Crippen LogP contribution in [0.5, 0.6) is 0 Å². The topological polar surface area (TPSA) is 115 Å². The van der Waals surface area contributed by atoms with Crippen molar-refractivity contribution in [3.63, 3.8) is 0 Å². The van der Waals surface area contributed by atoms with Gasteiger partial charge in [0.1, 0.15) is 23.2 Å². The van der Waals surface area contributed by atoms with E-state index in [1.54, 1.807) is 30.6 Å². The number of piperazine rings is 1. The van der Waals surface area contributed by atoms with E-state index < -0.39 is 11.4 Å². The third kappa shape index (κ3) is 4.00. The number of anilines is 2. The number of fused-ring (bicyclic) bond motifs is 1. The van der Waals surface area contributed by atoms with Crippen molar-refractivity contribution in [3.8, 4) is 22.4 Å². The summed E-state index contributed by atoms with van der Waals surface area (Å²) in [5.41, 5.74) is 8.89. The summed E-state index contributed by atoms with van der Waals surface area (Å²) in [6.45, 7) is 9.52. The van der Waals surface area contributed by atoms with E-state index in [0.29, 0.717) is 29.0 Å². The van der Waals surface area contributed by atoms with Gasteiger partial charge in [-0.2, -0.15) is 10.2 Å². The lowest BCUT2D eigenvalue weighted by atomic mass is 9.96. The first-order valence-electron chi connectivity index (χ1n) is 12.1. The Kier molecular flexibility index (Phi) is 5.73. The standard InChI is InChI=1S/C26H29FN8O2/c1-15(2)34-13-18(12-30-34)21-11-22(35-23(21)24(28)29-14-31-35)17-8-19(27)10-20(9-17)32-6-7-33(16(3)36)26(4,5)25(32)37/h8-15H,6-7H2,1-5H3,(H2,28,29,31). The van der Waals surface area contributed by atoms with Crippen LogP contribution in [0.25, 0.3) is 27.9 Å². The molecule has 0 spiro atoms. The molecule has 5 rings (SSSR count). The second kappa shape index (κ2) is 8.68. The number of nitrogens with zero attached hydrogens (tertiary/aromatic N) is 7. The van der Waals surface area contributed by atoms with Gasteiger partial charge in [-0.3, -0.25) is 14.3 Å². The molecule has 2 N–H and O–H groups in total. The Hall–Kier alpha value is -4.28. The van der Waals surface area contributed by atoms with E-state index in [0.717, 1.165) is 11.1 Å². The fraction of sp³-hybridized carbons (Fsp3) is 0.346. The molecule has 1 aromatic carbocycles. The Balaban J connectivity index is 1.63. The molecule has 1 fully saturated rings. The van der Waals surface area contributed by atoms with Crippen LogP contribution in [0.15, 0.2) is 43.0 Å². The largest absolute Gasteiger partial charge is 0.382 e. The number of carbonyl (C=O) groups is 2. The summed E-state index contributed by atoms with van der Waals surface area (Å²) in [7, 11) is 0. The summed E-state index contributed by atoms with van der Waals surface area (Å²) in [6.07, 6.45) is 5.01. The number of rotatable bonds is 4. The summed E-state index contributed by atoms with van der Waals surface area (Å²) in [4.78, 5) is 32.7. The Morgan fingerprint density at radius 2 is 1.86 bits per heavy atom. The van der Waals surface area contributed by atoms with Gasteiger partial charge in [-0.15, -0.1) is 0 Å². The molecular formula is C26H29FN8O2. The zero-order chi connectivity index (χ0) is 26.6. The normalized spacial score (nSPS) is 15.7. The zero-order valence-corrected chi connectivity index (χ0v) is 21.4. The number of halogens is 1. The second-order valence-electron chi connectivity index (χ2n) is 10.0. The number of nitrogen functional groups attached to an aromatic ring is 1. The fourth-order valence-corrected chi connectivity index (χ4v) is 4.96. The highest BCUT2D eigenvalue weighted by molar-refractivity contribution is 6.03. The van der Waals surface area contributed by atoms with E-state index in [1.807, 2.05) is 30.8 Å². The van der Waals surface area contributed by atoms with Gasteiger partial charge in [0, 0.05) is 54.6 Å². The number of aromatic nitrogens is 5. The van der Waals surface area contributed by atoms with Crippen LogP contribution in [0.3, 0.4) is 0 Å². The summed E-state index contributed by atoms with van der Waals surface area (Å²) < 4.78 is 18.5. The maximum Gasteiger partial charge on any atom is 0.252 e. The molecule has 4 aromatic rings. The SMILES string of the molecule is CC(=O)N1CCN(c2cc(F)cc(-c3cc(-c4cnn(C(C)C)c4)c4c(N)ncnn34)c2)C(=O)C1(C)C. The molecule has 11 heteroatoms. The molecule has 37 heavy (non-hydrogen) atoms. The van der Waals surface area contributed by atoms with Crippen molar-refractivity contribution in [1.82, 2.24) is 29.3 Å². The molecule has 0 radical (unpaired) electrons. The number of hydrogen-bond donors (Lipinski definition) is 1. The van der Waals surface area contributed by atoms with Gasteiger partial charge >= 0.3 is 0 Å². The van der Waals surface area contributed by atoms with Gasteiger partial charge < -0.3 is 15.5 Å². The second-order valence-corrected chi connectivity index (χ2v) is 10.0. The van der Waals surface area contributed by atoms with Gasteiger partial charge in [-0.05, 0) is 52.0 Å². The number of carbonyl (C=O) groups excluding carboxylic acids is 2. The molecule has 1 saturated heterocycles. The highest BCUT2D eigenvalue weighted by Gasteiger charge is 2.43. The van der Waals surface area contributed by atoms with Crippen molar-refractivity contribution in [3.05, 3.63) is 48.8 Å². The molecule has 3 aromatic heterocycles. The van der Waals surface area contributed by atoms with Crippen molar-refractivity contribution in [1.29, 1.82) is 0 Å². The maximum absolute atomic E-state index is 15.0. The zero-order valence-electron chi connectivity index (χ0n) is 21.4. The van der Waals surface area contributed by atoms with Crippen LogP contribution in [0.4, 0.5) is 15.9 Å². The van der Waals surface area contributed by atoms with Crippen LogP contribution < -0.4 is 10.6 Å². The molecule has 0 saturated carbocycles. The first-order valence-corrected chi connectivity index (χ1v) is 12.1. The molecule has 0 atom stereocenters. The Labute approximate surface area is 213 Å². The summed E-state index contributed by atoms with van der Waals surface area (Å²) in [5, 5.41) is 8.83. The van der Waals surface area contributed by atoms with Crippen molar-refractivity contribution in [2.45, 2.75) is 46.2 Å². The highest BCUT2D eigenvalue weighted by atomic mass is 19.1. The van der Waals surface area contributed by atoms with Crippen molar-refractivity contribution in [2.24, 2.45) is 0 Å². The minimum absolute atomic E-state index is 0.173. The van der Waals surface area contributed by atoms with Gasteiger partial charge in [0.25, 0.3) is 5.91 Å². The minimum Gasteiger partial charge on any atom is -0.382 e. The van der Waals surface area contributed by atoms with Crippen molar-refractivity contribution >= 4 is 28.8 Å². The Bertz CT molecular complexity index is 1540. The third-order valence-electron chi connectivity index (χ3n) is 6.88. The smallest absolute Gasteiger partial charge is 0.252 e. The number of nitrogens with two attached hydrogens (primary N) is 1. The van der Waals surface area contributed by atoms with Crippen LogP contribution in [0.2, 0.25) is 0 Å². The predicted molar refractivity (Wildman–Crippen MR) is 138 cm³/mol. The Morgan fingerprint density at radius 3 is 2.54 bits per heavy atom. The molecule has 1 aliphatic heterocycles. The van der Waals surface area contributed by atoms with Gasteiger partial charge in [-0.25, -0.2) is 13.9 Å². The molecular weight excluding hydrogens is 475 g/mol. The fourth-order valence-electron chi connectivity index (χ4n) is 4.96. The third-order valence-corrected chi connectivity index (χ3v) is 6.88. The summed E-state index contributed by atoms with van der Waals surface area (Å²) >= 11 is 0. The van der Waals surface area contributed by atoms with E-state index in [9.17, 15) is 9.59 Å². The van der Waals surface area contributed by atoms with Gasteiger partial charge in [0.15, 0.2) is 5.82 Å². The van der Waals surface area contributed by atoms with Crippen LogP contribution >= 0.6 is 0 Å². The van der Waals surface area contributed by atoms with E-state index in [1.165, 1.54) is 35.2 Å². The predicted octanol–water partition coefficient (Wildman–Crippen LogP) is 3.54. The maximum atomic E-state index is 15.0. The first kappa shape index (κ1) is 24.4. The monoisotopic (exact) mass is 504 g/mol. The quantitative estimate of drug-likeness (QED) is 0.455. The lowest BCUT2D eigenvalue weighted by Crippen LogP contribution is -2.64. The van der Waals surface area contributed by atoms with Crippen molar-refractivity contribution < 1.29 is 14.0 Å². The van der Waals surface area contributed by atoms with Crippen LogP contribution in [-0.4, -0.2) is 59.7 Å². The first-order chi connectivity index (χ1) is 17.5. The van der Waals surface area contributed by atoms with Gasteiger partial charge in [-0.1, -0.05) is 0 Å². The Morgan fingerprint density at radius 1 is 1.11 bits per heavy atom. The van der Waals surface area contributed by atoms with Crippen LogP contribution in [0, 0.1) is 5.82 Å². The molecule has 1 aliphatic rings. The van der Waals surface area contributed by atoms with Crippen LogP contribution in [-0.2, 0) is 9.59 Å². The van der Waals surface area contributed by atoms with E-state index >= 15 is 4.39 Å². The van der Waals surface area contributed by atoms with Gasteiger partial charge in [0.05, 0.1) is 11.9 Å². The number of hydrogen-bond acceptors (Lipinski definition) is 6. The van der Waals surface area contributed by atoms with E-state index in [-0.39, 0.29) is 30.2 Å².